The summed E-state index contributed by atoms with van der Waals surface area (Å²) in [6, 6.07) is 6.66. The number of carbonyl (C=O) groups is 2. The maximum Gasteiger partial charge on any atom is 0.417 e. The van der Waals surface area contributed by atoms with Crippen LogP contribution in [0.3, 0.4) is 0 Å². The van der Waals surface area contributed by atoms with Crippen molar-refractivity contribution in [2.24, 2.45) is 18.9 Å². The molecule has 2 atom stereocenters. The van der Waals surface area contributed by atoms with Crippen molar-refractivity contribution in [1.29, 1.82) is 0 Å². The summed E-state index contributed by atoms with van der Waals surface area (Å²) in [7, 11) is 3.24. The lowest BCUT2D eigenvalue weighted by Gasteiger charge is -2.35. The molecule has 2 aliphatic rings. The van der Waals surface area contributed by atoms with Crippen molar-refractivity contribution in [2.45, 2.75) is 19.1 Å². The van der Waals surface area contributed by atoms with Gasteiger partial charge in [-0.25, -0.2) is 19.8 Å². The lowest BCUT2D eigenvalue weighted by Crippen LogP contribution is -2.52. The van der Waals surface area contributed by atoms with Crippen molar-refractivity contribution >= 4 is 39.6 Å². The molecule has 1 saturated heterocycles. The first kappa shape index (κ1) is 24.9. The smallest absolute Gasteiger partial charge is 0.383 e. The molecule has 3 aromatic heterocycles. The molecule has 0 spiro atoms. The quantitative estimate of drug-likeness (QED) is 0.398. The van der Waals surface area contributed by atoms with Crippen molar-refractivity contribution in [1.82, 2.24) is 34.7 Å². The van der Waals surface area contributed by atoms with Crippen LogP contribution < -0.4 is 5.73 Å². The van der Waals surface area contributed by atoms with Gasteiger partial charge in [0, 0.05) is 44.3 Å². The van der Waals surface area contributed by atoms with Gasteiger partial charge in [0.15, 0.2) is 0 Å². The molecule has 1 aliphatic heterocycles. The van der Waals surface area contributed by atoms with Crippen LogP contribution >= 0.6 is 0 Å². The molecule has 2 fully saturated rings. The number of hydrazine groups is 1. The highest BCUT2D eigenvalue weighted by molar-refractivity contribution is 6.10. The molecule has 10 nitrogen and oxygen atoms in total. The zero-order valence-corrected chi connectivity index (χ0v) is 21.2. The Balaban J connectivity index is 1.36. The Hall–Kier alpha value is -4.42. The zero-order valence-electron chi connectivity index (χ0n) is 21.2. The molecule has 0 radical (unpaired) electrons. The summed E-state index contributed by atoms with van der Waals surface area (Å²) >= 11 is 0. The van der Waals surface area contributed by atoms with Crippen LogP contribution in [0.15, 0.2) is 42.7 Å². The average Bonchev–Trinajstić information content (AvgIpc) is 3.31. The van der Waals surface area contributed by atoms with Gasteiger partial charge in [-0.1, -0.05) is 0 Å². The maximum atomic E-state index is 13.9. The van der Waals surface area contributed by atoms with Gasteiger partial charge in [-0.3, -0.25) is 14.5 Å². The standard InChI is InChI=1S/C26H25F3N8O2/c1-34-22-19-8-14(3-6-21(19)33-23(30)20(22)10-32-34)24(38)37(13-18-5-4-17(9-31-18)26(27,28)29)35(2)25(39)36-11-15-7-16(15)12-36/h3-6,8-10,15-16H,7,11-13H2,1-2H3,(H2,30,33). The fourth-order valence-electron chi connectivity index (χ4n) is 5.26. The van der Waals surface area contributed by atoms with E-state index < -0.39 is 17.6 Å². The number of pyridine rings is 2. The number of nitrogen functional groups attached to an aromatic ring is 1. The van der Waals surface area contributed by atoms with Crippen LogP contribution in [0.2, 0.25) is 0 Å². The Morgan fingerprint density at radius 2 is 1.85 bits per heavy atom. The molecule has 4 aromatic rings. The minimum absolute atomic E-state index is 0.199. The molecule has 202 valence electrons. The number of rotatable bonds is 3. The van der Waals surface area contributed by atoms with Gasteiger partial charge in [0.25, 0.3) is 5.91 Å². The third-order valence-corrected chi connectivity index (χ3v) is 7.54. The van der Waals surface area contributed by atoms with Gasteiger partial charge in [0.1, 0.15) is 5.82 Å². The monoisotopic (exact) mass is 538 g/mol. The Morgan fingerprint density at radius 1 is 1.10 bits per heavy atom. The maximum absolute atomic E-state index is 13.9. The highest BCUT2D eigenvalue weighted by atomic mass is 19.4. The van der Waals surface area contributed by atoms with Crippen molar-refractivity contribution < 1.29 is 22.8 Å². The number of likely N-dealkylation sites (tertiary alicyclic amines) is 1. The zero-order chi connectivity index (χ0) is 27.6. The molecule has 0 bridgehead atoms. The summed E-state index contributed by atoms with van der Waals surface area (Å²) in [6.45, 7) is 1.03. The highest BCUT2D eigenvalue weighted by Gasteiger charge is 2.47. The molecule has 4 heterocycles. The normalized spacial score (nSPS) is 18.4. The van der Waals surface area contributed by atoms with Crippen LogP contribution in [-0.4, -0.2) is 66.7 Å². The second-order valence-corrected chi connectivity index (χ2v) is 10.1. The first-order valence-electron chi connectivity index (χ1n) is 12.4. The number of urea groups is 1. The number of hydrogen-bond acceptors (Lipinski definition) is 6. The molecule has 39 heavy (non-hydrogen) atoms. The van der Waals surface area contributed by atoms with Gasteiger partial charge in [-0.15, -0.1) is 0 Å². The number of nitrogens with zero attached hydrogens (tertiary/aromatic N) is 7. The van der Waals surface area contributed by atoms with Crippen LogP contribution in [0.4, 0.5) is 23.8 Å². The predicted molar refractivity (Wildman–Crippen MR) is 136 cm³/mol. The van der Waals surface area contributed by atoms with Crippen LogP contribution in [-0.2, 0) is 19.8 Å². The fraction of sp³-hybridized carbons (Fsp3) is 0.346. The molecule has 6 rings (SSSR count). The first-order chi connectivity index (χ1) is 18.5. The number of aryl methyl sites for hydroxylation is 1. The molecular formula is C26H25F3N8O2. The van der Waals surface area contributed by atoms with Crippen molar-refractivity contribution in [3.05, 3.63) is 59.5 Å². The number of halogens is 3. The number of benzene rings is 1. The second-order valence-electron chi connectivity index (χ2n) is 10.1. The van der Waals surface area contributed by atoms with E-state index in [1.807, 2.05) is 0 Å². The van der Waals surface area contributed by atoms with Crippen LogP contribution in [0.25, 0.3) is 21.8 Å². The SMILES string of the molecule is CN(C(=O)N1CC2CC2C1)N(Cc1ccc(C(F)(F)F)cn1)C(=O)c1ccc2nc(N)c3cnn(C)c3c2c1. The van der Waals surface area contributed by atoms with Gasteiger partial charge in [0.05, 0.1) is 40.4 Å². The van der Waals surface area contributed by atoms with Gasteiger partial charge in [0.2, 0.25) is 0 Å². The second kappa shape index (κ2) is 8.82. The van der Waals surface area contributed by atoms with Gasteiger partial charge >= 0.3 is 12.2 Å². The molecule has 2 N–H and O–H groups in total. The fourth-order valence-corrected chi connectivity index (χ4v) is 5.26. The number of carbonyl (C=O) groups excluding carboxylic acids is 2. The predicted octanol–water partition coefficient (Wildman–Crippen LogP) is 3.68. The number of alkyl halides is 3. The minimum Gasteiger partial charge on any atom is -0.383 e. The number of aromatic nitrogens is 4. The molecule has 1 aliphatic carbocycles. The third kappa shape index (κ3) is 4.37. The van der Waals surface area contributed by atoms with E-state index >= 15 is 0 Å². The number of hydrogen-bond donors (Lipinski definition) is 1. The van der Waals surface area contributed by atoms with E-state index in [2.05, 4.69) is 15.1 Å². The van der Waals surface area contributed by atoms with Gasteiger partial charge in [-0.05, 0) is 48.6 Å². The minimum atomic E-state index is -4.54. The lowest BCUT2D eigenvalue weighted by molar-refractivity contribution is -0.137. The third-order valence-electron chi connectivity index (χ3n) is 7.54. The van der Waals surface area contributed by atoms with Crippen molar-refractivity contribution in [3.8, 4) is 0 Å². The molecule has 3 amide bonds. The number of fused-ring (bicyclic) bond motifs is 4. The summed E-state index contributed by atoms with van der Waals surface area (Å²) < 4.78 is 40.8. The Bertz CT molecular complexity index is 1610. The van der Waals surface area contributed by atoms with E-state index in [1.54, 1.807) is 41.0 Å². The topological polar surface area (TPSA) is 113 Å². The van der Waals surface area contributed by atoms with Crippen molar-refractivity contribution in [3.63, 3.8) is 0 Å². The number of amides is 3. The number of anilines is 1. The Morgan fingerprint density at radius 3 is 2.51 bits per heavy atom. The van der Waals surface area contributed by atoms with E-state index in [0.29, 0.717) is 52.5 Å². The Kier molecular flexibility index (Phi) is 5.63. The largest absolute Gasteiger partial charge is 0.417 e. The highest BCUT2D eigenvalue weighted by Crippen LogP contribution is 2.45. The van der Waals surface area contributed by atoms with Crippen LogP contribution in [0, 0.1) is 11.8 Å². The first-order valence-corrected chi connectivity index (χ1v) is 12.4. The number of nitrogens with two attached hydrogens (primary N) is 1. The average molecular weight is 539 g/mol. The summed E-state index contributed by atoms with van der Waals surface area (Å²) in [5.41, 5.74) is 6.91. The number of piperidine rings is 1. The van der Waals surface area contributed by atoms with E-state index in [-0.39, 0.29) is 23.8 Å². The summed E-state index contributed by atoms with van der Waals surface area (Å²) in [4.78, 5) is 37.3. The van der Waals surface area contributed by atoms with Crippen LogP contribution in [0.1, 0.15) is 28.0 Å². The van der Waals surface area contributed by atoms with E-state index in [4.69, 9.17) is 5.73 Å². The van der Waals surface area contributed by atoms with Gasteiger partial charge in [-0.2, -0.15) is 18.3 Å². The molecule has 2 unspecified atom stereocenters. The van der Waals surface area contributed by atoms with E-state index in [0.717, 1.165) is 18.7 Å². The lowest BCUT2D eigenvalue weighted by atomic mass is 10.1. The van der Waals surface area contributed by atoms with Crippen molar-refractivity contribution in [2.75, 3.05) is 25.9 Å². The van der Waals surface area contributed by atoms with Crippen LogP contribution in [0.5, 0.6) is 0 Å². The molecule has 13 heteroatoms. The summed E-state index contributed by atoms with van der Waals surface area (Å²) in [5, 5.41) is 7.96. The summed E-state index contributed by atoms with van der Waals surface area (Å²) in [5.74, 6) is 0.772. The van der Waals surface area contributed by atoms with Gasteiger partial charge < -0.3 is 10.6 Å². The molecule has 1 saturated carbocycles. The van der Waals surface area contributed by atoms with E-state index in [1.165, 1.54) is 23.1 Å². The summed E-state index contributed by atoms with van der Waals surface area (Å²) in [6.07, 6.45) is -1.12. The molecule has 1 aromatic carbocycles. The molecular weight excluding hydrogens is 513 g/mol. The Labute approximate surface area is 220 Å². The van der Waals surface area contributed by atoms with E-state index in [9.17, 15) is 22.8 Å².